The minimum absolute atomic E-state index is 0.147. The number of benzene rings is 2. The number of aromatic nitrogens is 1. The summed E-state index contributed by atoms with van der Waals surface area (Å²) < 4.78 is 16.4. The largest absolute Gasteiger partial charge is 0.496 e. The van der Waals surface area contributed by atoms with Crippen LogP contribution >= 0.6 is 0 Å². The molecule has 3 aromatic rings. The third-order valence-corrected chi connectivity index (χ3v) is 4.50. The van der Waals surface area contributed by atoms with Gasteiger partial charge in [-0.15, -0.1) is 0 Å². The molecule has 0 radical (unpaired) electrons. The maximum Gasteiger partial charge on any atom is 0.289 e. The first-order valence-electron chi connectivity index (χ1n) is 9.07. The lowest BCUT2D eigenvalue weighted by Gasteiger charge is -2.16. The van der Waals surface area contributed by atoms with Crippen LogP contribution in [0.2, 0.25) is 0 Å². The molecule has 2 aromatic carbocycles. The van der Waals surface area contributed by atoms with Crippen molar-refractivity contribution >= 4 is 5.91 Å². The summed E-state index contributed by atoms with van der Waals surface area (Å²) in [5.74, 6) is 1.33. The van der Waals surface area contributed by atoms with E-state index in [1.54, 1.807) is 14.2 Å². The number of nitrogens with one attached hydrogen (secondary N) is 1. The second-order valence-electron chi connectivity index (χ2n) is 6.65. The minimum atomic E-state index is -0.333. The summed E-state index contributed by atoms with van der Waals surface area (Å²) in [7, 11) is 3.20. The Bertz CT molecular complexity index is 948. The van der Waals surface area contributed by atoms with E-state index in [1.807, 2.05) is 42.5 Å². The molecule has 0 saturated heterocycles. The summed E-state index contributed by atoms with van der Waals surface area (Å²) in [6.45, 7) is 4.55. The predicted molar refractivity (Wildman–Crippen MR) is 107 cm³/mol. The quantitative estimate of drug-likeness (QED) is 0.657. The van der Waals surface area contributed by atoms with Gasteiger partial charge in [0.05, 0.1) is 14.2 Å². The fraction of sp³-hybridized carbons (Fsp3) is 0.273. The van der Waals surface area contributed by atoms with Crippen molar-refractivity contribution in [1.82, 2.24) is 10.3 Å². The molecule has 0 spiro atoms. The molecule has 0 aliphatic carbocycles. The van der Waals surface area contributed by atoms with Crippen molar-refractivity contribution in [2.75, 3.05) is 14.2 Å². The SMILES string of the molecule is COc1cc(OC)c(C(C)C)cc1-c1ncoc1C(=O)NCc1ccccc1. The first-order chi connectivity index (χ1) is 13.5. The molecule has 1 amide bonds. The zero-order valence-corrected chi connectivity index (χ0v) is 16.5. The Morgan fingerprint density at radius 1 is 1.11 bits per heavy atom. The summed E-state index contributed by atoms with van der Waals surface area (Å²) >= 11 is 0. The van der Waals surface area contributed by atoms with Crippen molar-refractivity contribution in [3.8, 4) is 22.8 Å². The zero-order chi connectivity index (χ0) is 20.1. The van der Waals surface area contributed by atoms with E-state index in [-0.39, 0.29) is 17.6 Å². The third-order valence-electron chi connectivity index (χ3n) is 4.50. The molecule has 0 aliphatic heterocycles. The smallest absolute Gasteiger partial charge is 0.289 e. The number of ether oxygens (including phenoxy) is 2. The number of carbonyl (C=O) groups is 1. The van der Waals surface area contributed by atoms with Crippen LogP contribution in [-0.2, 0) is 6.54 Å². The predicted octanol–water partition coefficient (Wildman–Crippen LogP) is 4.41. The second-order valence-corrected chi connectivity index (χ2v) is 6.65. The van der Waals surface area contributed by atoms with Crippen LogP contribution in [-0.4, -0.2) is 25.1 Å². The van der Waals surface area contributed by atoms with Gasteiger partial charge in [-0.2, -0.15) is 0 Å². The van der Waals surface area contributed by atoms with Gasteiger partial charge in [0.1, 0.15) is 17.2 Å². The van der Waals surface area contributed by atoms with Crippen LogP contribution in [0.25, 0.3) is 11.3 Å². The van der Waals surface area contributed by atoms with Gasteiger partial charge in [0.2, 0.25) is 5.76 Å². The molecule has 6 nitrogen and oxygen atoms in total. The van der Waals surface area contributed by atoms with Crippen molar-refractivity contribution in [3.63, 3.8) is 0 Å². The lowest BCUT2D eigenvalue weighted by atomic mass is 9.97. The van der Waals surface area contributed by atoms with E-state index in [1.165, 1.54) is 6.39 Å². The first-order valence-corrected chi connectivity index (χ1v) is 9.07. The number of hydrogen-bond acceptors (Lipinski definition) is 5. The summed E-state index contributed by atoms with van der Waals surface area (Å²) in [5.41, 5.74) is 3.12. The summed E-state index contributed by atoms with van der Waals surface area (Å²) in [6, 6.07) is 13.4. The molecule has 6 heteroatoms. The maximum absolute atomic E-state index is 12.7. The Labute approximate surface area is 164 Å². The van der Waals surface area contributed by atoms with Crippen LogP contribution < -0.4 is 14.8 Å². The lowest BCUT2D eigenvalue weighted by Crippen LogP contribution is -2.23. The average Bonchev–Trinajstić information content (AvgIpc) is 3.21. The molecule has 1 aromatic heterocycles. The highest BCUT2D eigenvalue weighted by Gasteiger charge is 2.23. The molecule has 0 aliphatic rings. The van der Waals surface area contributed by atoms with Crippen LogP contribution in [0.4, 0.5) is 0 Å². The van der Waals surface area contributed by atoms with Crippen molar-refractivity contribution in [2.45, 2.75) is 26.3 Å². The summed E-state index contributed by atoms with van der Waals surface area (Å²) in [6.07, 6.45) is 1.27. The molecule has 146 valence electrons. The lowest BCUT2D eigenvalue weighted by molar-refractivity contribution is 0.0924. The standard InChI is InChI=1S/C22H24N2O4/c1-14(2)16-10-17(19(27-4)11-18(16)26-3)20-21(28-13-24-20)22(25)23-12-15-8-6-5-7-9-15/h5-11,13-14H,12H2,1-4H3,(H,23,25). The van der Waals surface area contributed by atoms with Gasteiger partial charge in [0.25, 0.3) is 5.91 Å². The average molecular weight is 380 g/mol. The Balaban J connectivity index is 1.94. The van der Waals surface area contributed by atoms with Gasteiger partial charge in [-0.3, -0.25) is 4.79 Å². The number of carbonyl (C=O) groups excluding carboxylic acids is 1. The summed E-state index contributed by atoms with van der Waals surface area (Å²) in [4.78, 5) is 17.0. The van der Waals surface area contributed by atoms with E-state index in [0.29, 0.717) is 23.6 Å². The monoisotopic (exact) mass is 380 g/mol. The molecule has 0 saturated carbocycles. The third kappa shape index (κ3) is 4.01. The fourth-order valence-corrected chi connectivity index (χ4v) is 3.02. The Kier molecular flexibility index (Phi) is 5.99. The number of hydrogen-bond donors (Lipinski definition) is 1. The molecule has 1 N–H and O–H groups in total. The van der Waals surface area contributed by atoms with E-state index in [9.17, 15) is 4.79 Å². The van der Waals surface area contributed by atoms with Crippen LogP contribution in [0.1, 0.15) is 41.4 Å². The van der Waals surface area contributed by atoms with E-state index >= 15 is 0 Å². The van der Waals surface area contributed by atoms with Gasteiger partial charge in [0, 0.05) is 18.2 Å². The van der Waals surface area contributed by atoms with Gasteiger partial charge in [-0.25, -0.2) is 4.98 Å². The van der Waals surface area contributed by atoms with E-state index in [2.05, 4.69) is 24.1 Å². The molecule has 0 bridgehead atoms. The molecule has 1 heterocycles. The Morgan fingerprint density at radius 2 is 1.82 bits per heavy atom. The van der Waals surface area contributed by atoms with Crippen LogP contribution in [0.15, 0.2) is 53.3 Å². The van der Waals surface area contributed by atoms with Crippen molar-refractivity contribution in [1.29, 1.82) is 0 Å². The van der Waals surface area contributed by atoms with Crippen molar-refractivity contribution < 1.29 is 18.7 Å². The van der Waals surface area contributed by atoms with Crippen molar-refractivity contribution in [3.05, 3.63) is 65.7 Å². The highest BCUT2D eigenvalue weighted by molar-refractivity contribution is 5.98. The van der Waals surface area contributed by atoms with Gasteiger partial charge in [0.15, 0.2) is 6.39 Å². The molecule has 0 atom stereocenters. The molecule has 0 fully saturated rings. The van der Waals surface area contributed by atoms with Crippen molar-refractivity contribution in [2.24, 2.45) is 0 Å². The highest BCUT2D eigenvalue weighted by Crippen LogP contribution is 2.39. The zero-order valence-electron chi connectivity index (χ0n) is 16.5. The molecule has 0 unspecified atom stereocenters. The number of nitrogens with zero attached hydrogens (tertiary/aromatic N) is 1. The van der Waals surface area contributed by atoms with Gasteiger partial charge in [-0.05, 0) is 23.1 Å². The van der Waals surface area contributed by atoms with Gasteiger partial charge >= 0.3 is 0 Å². The second kappa shape index (κ2) is 8.61. The van der Waals surface area contributed by atoms with E-state index < -0.39 is 0 Å². The number of oxazole rings is 1. The maximum atomic E-state index is 12.7. The highest BCUT2D eigenvalue weighted by atomic mass is 16.5. The van der Waals surface area contributed by atoms with Gasteiger partial charge in [-0.1, -0.05) is 44.2 Å². The number of amides is 1. The fourth-order valence-electron chi connectivity index (χ4n) is 3.02. The first kappa shape index (κ1) is 19.5. The van der Waals surface area contributed by atoms with Crippen LogP contribution in [0, 0.1) is 0 Å². The number of methoxy groups -OCH3 is 2. The summed E-state index contributed by atoms with van der Waals surface area (Å²) in [5, 5.41) is 2.87. The van der Waals surface area contributed by atoms with E-state index in [0.717, 1.165) is 16.9 Å². The van der Waals surface area contributed by atoms with Crippen LogP contribution in [0.5, 0.6) is 11.5 Å². The van der Waals surface area contributed by atoms with E-state index in [4.69, 9.17) is 13.9 Å². The minimum Gasteiger partial charge on any atom is -0.496 e. The Hall–Kier alpha value is -3.28. The topological polar surface area (TPSA) is 73.6 Å². The van der Waals surface area contributed by atoms with Gasteiger partial charge < -0.3 is 19.2 Å². The molecular formula is C22H24N2O4. The number of rotatable bonds is 7. The molecule has 3 rings (SSSR count). The van der Waals surface area contributed by atoms with Crippen LogP contribution in [0.3, 0.4) is 0 Å². The molecule has 28 heavy (non-hydrogen) atoms. The molecular weight excluding hydrogens is 356 g/mol. The normalized spacial score (nSPS) is 10.8. The Morgan fingerprint density at radius 3 is 2.46 bits per heavy atom.